The fourth-order valence-electron chi connectivity index (χ4n) is 3.89. The molecule has 1 saturated heterocycles. The van der Waals surface area contributed by atoms with Crippen LogP contribution in [0, 0.1) is 5.92 Å². The van der Waals surface area contributed by atoms with Gasteiger partial charge < -0.3 is 5.32 Å². The molecule has 1 atom stereocenters. The van der Waals surface area contributed by atoms with Crippen LogP contribution in [0.4, 0.5) is 0 Å². The quantitative estimate of drug-likeness (QED) is 0.638. The fourth-order valence-corrected chi connectivity index (χ4v) is 4.55. The van der Waals surface area contributed by atoms with Gasteiger partial charge in [0, 0.05) is 25.2 Å². The average Bonchev–Trinajstić information content (AvgIpc) is 3.26. The molecular formula is C24H26N2OS. The van der Waals surface area contributed by atoms with Gasteiger partial charge in [-0.25, -0.2) is 0 Å². The molecule has 4 heteroatoms. The number of amides is 1. The van der Waals surface area contributed by atoms with E-state index in [4.69, 9.17) is 0 Å². The second-order valence-corrected chi connectivity index (χ2v) is 8.31. The first-order valence-corrected chi connectivity index (χ1v) is 10.9. The van der Waals surface area contributed by atoms with Crippen LogP contribution in [0.25, 0.3) is 11.1 Å². The van der Waals surface area contributed by atoms with Crippen LogP contribution >= 0.6 is 11.3 Å². The summed E-state index contributed by atoms with van der Waals surface area (Å²) >= 11 is 1.76. The van der Waals surface area contributed by atoms with E-state index in [2.05, 4.69) is 39.2 Å². The second-order valence-electron chi connectivity index (χ2n) is 7.53. The molecular weight excluding hydrogens is 364 g/mol. The summed E-state index contributed by atoms with van der Waals surface area (Å²) in [6.45, 7) is 3.98. The van der Waals surface area contributed by atoms with Crippen molar-refractivity contribution in [3.8, 4) is 11.1 Å². The van der Waals surface area contributed by atoms with Crippen molar-refractivity contribution < 1.29 is 4.79 Å². The van der Waals surface area contributed by atoms with Gasteiger partial charge in [0.1, 0.15) is 0 Å². The van der Waals surface area contributed by atoms with Crippen LogP contribution in [0.1, 0.15) is 28.8 Å². The third-order valence-corrected chi connectivity index (χ3v) is 6.13. The van der Waals surface area contributed by atoms with E-state index in [0.29, 0.717) is 5.92 Å². The minimum Gasteiger partial charge on any atom is -0.352 e. The number of thiophene rings is 1. The third-order valence-electron chi connectivity index (χ3n) is 5.39. The minimum absolute atomic E-state index is 0.0227. The number of nitrogens with zero attached hydrogens (tertiary/aromatic N) is 1. The Kier molecular flexibility index (Phi) is 6.20. The summed E-state index contributed by atoms with van der Waals surface area (Å²) < 4.78 is 0. The highest BCUT2D eigenvalue weighted by molar-refractivity contribution is 7.07. The highest BCUT2D eigenvalue weighted by atomic mass is 32.1. The number of piperidine rings is 1. The van der Waals surface area contributed by atoms with Crippen LogP contribution in [0.2, 0.25) is 0 Å². The molecule has 4 rings (SSSR count). The molecule has 0 unspecified atom stereocenters. The number of carbonyl (C=O) groups excluding carboxylic acids is 1. The molecule has 0 radical (unpaired) electrons. The molecule has 1 amide bonds. The van der Waals surface area contributed by atoms with Crippen molar-refractivity contribution in [3.63, 3.8) is 0 Å². The molecule has 2 heterocycles. The summed E-state index contributed by atoms with van der Waals surface area (Å²) in [4.78, 5) is 15.1. The zero-order valence-electron chi connectivity index (χ0n) is 16.0. The Hall–Kier alpha value is -2.43. The van der Waals surface area contributed by atoms with E-state index in [1.165, 1.54) is 24.0 Å². The number of rotatable bonds is 6. The highest BCUT2D eigenvalue weighted by Gasteiger charge is 2.20. The lowest BCUT2D eigenvalue weighted by Gasteiger charge is -2.32. The van der Waals surface area contributed by atoms with E-state index < -0.39 is 0 Å². The largest absolute Gasteiger partial charge is 0.352 e. The van der Waals surface area contributed by atoms with Gasteiger partial charge >= 0.3 is 0 Å². The number of nitrogens with one attached hydrogen (secondary N) is 1. The van der Waals surface area contributed by atoms with Gasteiger partial charge in [-0.2, -0.15) is 11.3 Å². The van der Waals surface area contributed by atoms with Gasteiger partial charge in [-0.05, 0) is 71.0 Å². The van der Waals surface area contributed by atoms with Crippen molar-refractivity contribution in [2.75, 3.05) is 19.6 Å². The molecule has 144 valence electrons. The molecule has 1 fully saturated rings. The molecule has 0 aliphatic carbocycles. The number of carbonyl (C=O) groups is 1. The lowest BCUT2D eigenvalue weighted by molar-refractivity contribution is 0.0930. The maximum absolute atomic E-state index is 12.5. The molecule has 2 aromatic carbocycles. The van der Waals surface area contributed by atoms with Crippen LogP contribution in [0.15, 0.2) is 71.4 Å². The molecule has 1 N–H and O–H groups in total. The van der Waals surface area contributed by atoms with Gasteiger partial charge in [-0.15, -0.1) is 0 Å². The normalized spacial score (nSPS) is 17.4. The van der Waals surface area contributed by atoms with Crippen molar-refractivity contribution in [1.29, 1.82) is 0 Å². The number of benzene rings is 2. The van der Waals surface area contributed by atoms with Gasteiger partial charge in [-0.3, -0.25) is 9.69 Å². The first-order chi connectivity index (χ1) is 13.8. The number of hydrogen-bond acceptors (Lipinski definition) is 3. The van der Waals surface area contributed by atoms with Crippen molar-refractivity contribution in [2.24, 2.45) is 5.92 Å². The molecule has 1 aliphatic heterocycles. The maximum Gasteiger partial charge on any atom is 0.251 e. The topological polar surface area (TPSA) is 32.3 Å². The minimum atomic E-state index is 0.0227. The third kappa shape index (κ3) is 4.89. The van der Waals surface area contributed by atoms with Crippen molar-refractivity contribution in [3.05, 3.63) is 82.6 Å². The van der Waals surface area contributed by atoms with Crippen LogP contribution < -0.4 is 5.32 Å². The average molecular weight is 391 g/mol. The summed E-state index contributed by atoms with van der Waals surface area (Å²) in [6, 6.07) is 20.3. The first-order valence-electron chi connectivity index (χ1n) is 9.95. The van der Waals surface area contributed by atoms with Gasteiger partial charge in [-0.1, -0.05) is 42.5 Å². The summed E-state index contributed by atoms with van der Waals surface area (Å²) in [5, 5.41) is 7.51. The van der Waals surface area contributed by atoms with Crippen molar-refractivity contribution in [2.45, 2.75) is 19.4 Å². The Labute approximate surface area is 171 Å². The first kappa shape index (κ1) is 18.9. The SMILES string of the molecule is O=C(NC[C@H]1CCCN(Cc2ccsc2)C1)c1ccc(-c2ccccc2)cc1. The number of hydrogen-bond donors (Lipinski definition) is 1. The van der Waals surface area contributed by atoms with E-state index in [-0.39, 0.29) is 5.91 Å². The zero-order chi connectivity index (χ0) is 19.2. The molecule has 0 bridgehead atoms. The maximum atomic E-state index is 12.5. The Morgan fingerprint density at radius 2 is 1.82 bits per heavy atom. The predicted octanol–water partition coefficient (Wildman–Crippen LogP) is 5.06. The van der Waals surface area contributed by atoms with Crippen LogP contribution in [0.5, 0.6) is 0 Å². The zero-order valence-corrected chi connectivity index (χ0v) is 16.8. The highest BCUT2D eigenvalue weighted by Crippen LogP contribution is 2.21. The van der Waals surface area contributed by atoms with E-state index in [1.807, 2.05) is 42.5 Å². The molecule has 28 heavy (non-hydrogen) atoms. The smallest absolute Gasteiger partial charge is 0.251 e. The lowest BCUT2D eigenvalue weighted by atomic mass is 9.97. The summed E-state index contributed by atoms with van der Waals surface area (Å²) in [5.41, 5.74) is 4.43. The molecule has 3 nitrogen and oxygen atoms in total. The van der Waals surface area contributed by atoms with E-state index in [9.17, 15) is 4.79 Å². The summed E-state index contributed by atoms with van der Waals surface area (Å²) in [7, 11) is 0. The van der Waals surface area contributed by atoms with Crippen molar-refractivity contribution >= 4 is 17.2 Å². The van der Waals surface area contributed by atoms with E-state index in [1.54, 1.807) is 11.3 Å². The lowest BCUT2D eigenvalue weighted by Crippen LogP contribution is -2.40. The van der Waals surface area contributed by atoms with Gasteiger partial charge in [0.05, 0.1) is 0 Å². The Bertz CT molecular complexity index is 875. The molecule has 0 spiro atoms. The monoisotopic (exact) mass is 390 g/mol. The predicted molar refractivity (Wildman–Crippen MR) is 117 cm³/mol. The summed E-state index contributed by atoms with van der Waals surface area (Å²) in [6.07, 6.45) is 2.39. The molecule has 0 saturated carbocycles. The molecule has 1 aliphatic rings. The Balaban J connectivity index is 1.29. The van der Waals surface area contributed by atoms with Gasteiger partial charge in [0.15, 0.2) is 0 Å². The van der Waals surface area contributed by atoms with Crippen molar-refractivity contribution in [1.82, 2.24) is 10.2 Å². The fraction of sp³-hybridized carbons (Fsp3) is 0.292. The van der Waals surface area contributed by atoms with E-state index in [0.717, 1.165) is 37.3 Å². The molecule has 1 aromatic heterocycles. The van der Waals surface area contributed by atoms with E-state index >= 15 is 0 Å². The molecule has 3 aromatic rings. The van der Waals surface area contributed by atoms with Crippen LogP contribution in [0.3, 0.4) is 0 Å². The second kappa shape index (κ2) is 9.18. The Morgan fingerprint density at radius 1 is 1.04 bits per heavy atom. The summed E-state index contributed by atoms with van der Waals surface area (Å²) in [5.74, 6) is 0.550. The van der Waals surface area contributed by atoms with Crippen LogP contribution in [-0.2, 0) is 6.54 Å². The standard InChI is InChI=1S/C24H26N2OS/c27-24(23-10-8-22(9-11-23)21-6-2-1-3-7-21)25-15-19-5-4-13-26(16-19)17-20-12-14-28-18-20/h1-3,6-12,14,18-19H,4-5,13,15-17H2,(H,25,27)/t19-/m1/s1. The Morgan fingerprint density at radius 3 is 2.57 bits per heavy atom. The van der Waals surface area contributed by atoms with Crippen LogP contribution in [-0.4, -0.2) is 30.4 Å². The number of likely N-dealkylation sites (tertiary alicyclic amines) is 1. The van der Waals surface area contributed by atoms with Gasteiger partial charge in [0.25, 0.3) is 5.91 Å². The van der Waals surface area contributed by atoms with Gasteiger partial charge in [0.2, 0.25) is 0 Å².